The molecule has 1 heterocycles. The van der Waals surface area contributed by atoms with E-state index < -0.39 is 23.6 Å². The average molecular weight is 618 g/mol. The highest BCUT2D eigenvalue weighted by Crippen LogP contribution is 2.41. The van der Waals surface area contributed by atoms with Crippen molar-refractivity contribution in [1.82, 2.24) is 4.98 Å². The number of pyridine rings is 1. The Morgan fingerprint density at radius 1 is 1.07 bits per heavy atom. The minimum atomic E-state index is -4.67. The molecule has 0 bridgehead atoms. The lowest BCUT2D eigenvalue weighted by Crippen LogP contribution is -2.27. The molecule has 3 aromatic carbocycles. The summed E-state index contributed by atoms with van der Waals surface area (Å²) in [5, 5.41) is 18.7. The summed E-state index contributed by atoms with van der Waals surface area (Å²) in [5.41, 5.74) is -1.01. The average Bonchev–Trinajstić information content (AvgIpc) is 2.94. The van der Waals surface area contributed by atoms with Crippen LogP contribution in [-0.4, -0.2) is 42.7 Å². The van der Waals surface area contributed by atoms with E-state index in [-0.39, 0.29) is 73.5 Å². The second-order valence-corrected chi connectivity index (χ2v) is 9.66. The second-order valence-electron chi connectivity index (χ2n) is 8.84. The van der Waals surface area contributed by atoms with Gasteiger partial charge in [-0.25, -0.2) is 4.98 Å². The minimum absolute atomic E-state index is 0.0248. The number of para-hydroxylation sites is 1. The van der Waals surface area contributed by atoms with Gasteiger partial charge in [-0.3, -0.25) is 9.59 Å². The van der Waals surface area contributed by atoms with Gasteiger partial charge in [0.1, 0.15) is 23.3 Å². The topological polar surface area (TPSA) is 113 Å². The predicted octanol–water partition coefficient (Wildman–Crippen LogP) is 7.24. The van der Waals surface area contributed by atoms with Crippen LogP contribution in [0.1, 0.15) is 27.9 Å². The van der Waals surface area contributed by atoms with E-state index in [1.165, 1.54) is 55.5 Å². The van der Waals surface area contributed by atoms with Gasteiger partial charge in [0.25, 0.3) is 5.91 Å². The molecule has 0 saturated heterocycles. The molecule has 1 amide bonds. The van der Waals surface area contributed by atoms with Gasteiger partial charge in [0.2, 0.25) is 0 Å². The van der Waals surface area contributed by atoms with Gasteiger partial charge < -0.3 is 19.5 Å². The number of ether oxygens (including phenoxy) is 2. The number of benzene rings is 3. The molecule has 0 aliphatic heterocycles. The van der Waals surface area contributed by atoms with Crippen molar-refractivity contribution in [3.05, 3.63) is 81.3 Å². The van der Waals surface area contributed by atoms with E-state index in [1.807, 2.05) is 6.07 Å². The summed E-state index contributed by atoms with van der Waals surface area (Å²) in [7, 11) is 2.72. The van der Waals surface area contributed by atoms with E-state index in [0.717, 1.165) is 12.1 Å². The van der Waals surface area contributed by atoms with Gasteiger partial charge in [-0.05, 0) is 36.4 Å². The summed E-state index contributed by atoms with van der Waals surface area (Å²) < 4.78 is 51.8. The molecule has 216 valence electrons. The molecule has 0 aliphatic rings. The standard InChI is InChI=1S/C29H20Cl2F3N3O5/c1-37(27-20(30)6-4-8-23(27)42-10-9-25(38)39)28(40)18-12-17(21(31)13-24(18)41-2)26-15(14-35)11-16-19(29(32,33)34)5-3-7-22(16)36-26/h3-8,11-13H,9-10H2,1-2H3,(H,38,39). The zero-order valence-corrected chi connectivity index (χ0v) is 23.4. The lowest BCUT2D eigenvalue weighted by Gasteiger charge is -2.23. The number of alkyl halides is 3. The molecule has 0 spiro atoms. The van der Waals surface area contributed by atoms with Crippen LogP contribution in [0.5, 0.6) is 11.5 Å². The maximum atomic E-state index is 13.8. The maximum Gasteiger partial charge on any atom is 0.417 e. The maximum absolute atomic E-state index is 13.8. The number of nitrogens with zero attached hydrogens (tertiary/aromatic N) is 3. The van der Waals surface area contributed by atoms with Crippen LogP contribution in [0.3, 0.4) is 0 Å². The van der Waals surface area contributed by atoms with Crippen molar-refractivity contribution in [2.24, 2.45) is 0 Å². The number of anilines is 1. The lowest BCUT2D eigenvalue weighted by atomic mass is 9.99. The third kappa shape index (κ3) is 6.05. The first-order valence-electron chi connectivity index (χ1n) is 12.1. The highest BCUT2D eigenvalue weighted by molar-refractivity contribution is 6.35. The smallest absolute Gasteiger partial charge is 0.417 e. The van der Waals surface area contributed by atoms with Crippen LogP contribution < -0.4 is 14.4 Å². The first-order valence-corrected chi connectivity index (χ1v) is 12.8. The van der Waals surface area contributed by atoms with E-state index in [1.54, 1.807) is 6.07 Å². The van der Waals surface area contributed by atoms with E-state index in [0.29, 0.717) is 0 Å². The number of hydrogen-bond donors (Lipinski definition) is 1. The minimum Gasteiger partial charge on any atom is -0.496 e. The third-order valence-electron chi connectivity index (χ3n) is 6.22. The van der Waals surface area contributed by atoms with Crippen LogP contribution in [0, 0.1) is 11.3 Å². The molecule has 0 saturated carbocycles. The van der Waals surface area contributed by atoms with Crippen LogP contribution in [0.15, 0.2) is 54.6 Å². The Labute approximate surface area is 247 Å². The Kier molecular flexibility index (Phi) is 8.80. The number of rotatable bonds is 8. The molecule has 0 unspecified atom stereocenters. The Hall–Kier alpha value is -4.53. The van der Waals surface area contributed by atoms with Crippen molar-refractivity contribution in [2.75, 3.05) is 25.7 Å². The molecule has 1 aromatic heterocycles. The summed E-state index contributed by atoms with van der Waals surface area (Å²) in [6, 6.07) is 13.7. The molecule has 1 N–H and O–H groups in total. The second kappa shape index (κ2) is 12.1. The highest BCUT2D eigenvalue weighted by Gasteiger charge is 2.33. The Morgan fingerprint density at radius 3 is 2.43 bits per heavy atom. The quantitative estimate of drug-likeness (QED) is 0.222. The lowest BCUT2D eigenvalue weighted by molar-refractivity contribution is -0.138. The third-order valence-corrected chi connectivity index (χ3v) is 6.84. The van der Waals surface area contributed by atoms with Crippen LogP contribution in [0.4, 0.5) is 18.9 Å². The Balaban J connectivity index is 1.84. The molecule has 8 nitrogen and oxygen atoms in total. The molecule has 42 heavy (non-hydrogen) atoms. The van der Waals surface area contributed by atoms with E-state index in [9.17, 15) is 28.0 Å². The molecule has 0 radical (unpaired) electrons. The van der Waals surface area contributed by atoms with Gasteiger partial charge >= 0.3 is 12.1 Å². The van der Waals surface area contributed by atoms with E-state index >= 15 is 0 Å². The number of hydrogen-bond acceptors (Lipinski definition) is 6. The fourth-order valence-corrected chi connectivity index (χ4v) is 4.81. The summed E-state index contributed by atoms with van der Waals surface area (Å²) in [5.74, 6) is -1.52. The van der Waals surface area contributed by atoms with E-state index in [4.69, 9.17) is 37.8 Å². The Bertz CT molecular complexity index is 1760. The van der Waals surface area contributed by atoms with Crippen LogP contribution in [0.2, 0.25) is 10.0 Å². The molecule has 4 aromatic rings. The van der Waals surface area contributed by atoms with Gasteiger partial charge in [0.15, 0.2) is 0 Å². The summed E-state index contributed by atoms with van der Waals surface area (Å²) in [6.45, 7) is -0.181. The normalized spacial score (nSPS) is 11.2. The van der Waals surface area contributed by atoms with Gasteiger partial charge in [0.05, 0.1) is 58.1 Å². The zero-order chi connectivity index (χ0) is 30.8. The number of amides is 1. The van der Waals surface area contributed by atoms with Crippen molar-refractivity contribution in [3.63, 3.8) is 0 Å². The van der Waals surface area contributed by atoms with Crippen molar-refractivity contribution in [3.8, 4) is 28.8 Å². The van der Waals surface area contributed by atoms with Crippen LogP contribution >= 0.6 is 23.2 Å². The van der Waals surface area contributed by atoms with Crippen molar-refractivity contribution < 1.29 is 37.3 Å². The monoisotopic (exact) mass is 617 g/mol. The number of halogens is 5. The number of aromatic nitrogens is 1. The number of carbonyl (C=O) groups excluding carboxylic acids is 1. The largest absolute Gasteiger partial charge is 0.496 e. The number of carboxylic acids is 1. The van der Waals surface area contributed by atoms with Crippen LogP contribution in [0.25, 0.3) is 22.2 Å². The SMILES string of the molecule is COc1cc(Cl)c(-c2nc3cccc(C(F)(F)F)c3cc2C#N)cc1C(=O)N(C)c1c(Cl)cccc1OCCC(=O)O. The fourth-order valence-electron chi connectivity index (χ4n) is 4.27. The van der Waals surface area contributed by atoms with Crippen molar-refractivity contribution >= 4 is 51.7 Å². The van der Waals surface area contributed by atoms with Crippen molar-refractivity contribution in [1.29, 1.82) is 5.26 Å². The first-order chi connectivity index (χ1) is 19.9. The molecule has 13 heteroatoms. The number of fused-ring (bicyclic) bond motifs is 1. The summed E-state index contributed by atoms with van der Waals surface area (Å²) in [4.78, 5) is 30.2. The summed E-state index contributed by atoms with van der Waals surface area (Å²) >= 11 is 12.9. The zero-order valence-electron chi connectivity index (χ0n) is 21.9. The number of nitriles is 1. The predicted molar refractivity (Wildman–Crippen MR) is 150 cm³/mol. The first kappa shape index (κ1) is 30.4. The molecule has 0 fully saturated rings. The molecule has 0 atom stereocenters. The fraction of sp³-hybridized carbons (Fsp3) is 0.172. The number of carbonyl (C=O) groups is 2. The molecular formula is C29H20Cl2F3N3O5. The van der Waals surface area contributed by atoms with Gasteiger partial charge in [-0.1, -0.05) is 35.3 Å². The van der Waals surface area contributed by atoms with Gasteiger partial charge in [0, 0.05) is 24.1 Å². The van der Waals surface area contributed by atoms with Gasteiger partial charge in [-0.15, -0.1) is 0 Å². The van der Waals surface area contributed by atoms with Crippen LogP contribution in [-0.2, 0) is 11.0 Å². The van der Waals surface area contributed by atoms with Crippen molar-refractivity contribution in [2.45, 2.75) is 12.6 Å². The molecule has 0 aliphatic carbocycles. The highest BCUT2D eigenvalue weighted by atomic mass is 35.5. The van der Waals surface area contributed by atoms with Gasteiger partial charge in [-0.2, -0.15) is 18.4 Å². The molecule has 4 rings (SSSR count). The Morgan fingerprint density at radius 2 is 1.79 bits per heavy atom. The number of carboxylic acid groups (broad SMARTS) is 1. The summed E-state index contributed by atoms with van der Waals surface area (Å²) in [6.07, 6.45) is -4.96. The number of aliphatic carboxylic acids is 1. The van der Waals surface area contributed by atoms with E-state index in [2.05, 4.69) is 4.98 Å². The molecular weight excluding hydrogens is 598 g/mol. The number of methoxy groups -OCH3 is 1.